The van der Waals surface area contributed by atoms with Gasteiger partial charge in [0.1, 0.15) is 0 Å². The van der Waals surface area contributed by atoms with Gasteiger partial charge >= 0.3 is 0 Å². The van der Waals surface area contributed by atoms with Crippen LogP contribution in [0.5, 0.6) is 0 Å². The summed E-state index contributed by atoms with van der Waals surface area (Å²) in [5, 5.41) is 6.31. The highest BCUT2D eigenvalue weighted by molar-refractivity contribution is 7.09. The van der Waals surface area contributed by atoms with E-state index >= 15 is 0 Å². The Hall–Kier alpha value is -0.830. The molecule has 0 saturated carbocycles. The van der Waals surface area contributed by atoms with Gasteiger partial charge in [-0.15, -0.1) is 11.3 Å². The van der Waals surface area contributed by atoms with Crippen molar-refractivity contribution in [3.8, 4) is 0 Å². The summed E-state index contributed by atoms with van der Waals surface area (Å²) in [4.78, 5) is 1.42. The third-order valence-corrected chi connectivity index (χ3v) is 3.94. The highest BCUT2D eigenvalue weighted by Gasteiger charge is 2.09. The zero-order chi connectivity index (χ0) is 12.1. The summed E-state index contributed by atoms with van der Waals surface area (Å²) in [6, 6.07) is 12.9. The van der Waals surface area contributed by atoms with Crippen molar-refractivity contribution in [3.05, 3.63) is 57.2 Å². The van der Waals surface area contributed by atoms with Crippen LogP contribution in [-0.4, -0.2) is 13.1 Å². The summed E-state index contributed by atoms with van der Waals surface area (Å²) in [6.45, 7) is 0. The van der Waals surface area contributed by atoms with Gasteiger partial charge in [0, 0.05) is 15.9 Å². The van der Waals surface area contributed by atoms with Crippen LogP contribution in [0.4, 0.5) is 0 Å². The molecule has 1 nitrogen and oxygen atoms in total. The van der Waals surface area contributed by atoms with Gasteiger partial charge in [-0.25, -0.2) is 0 Å². The van der Waals surface area contributed by atoms with Crippen LogP contribution in [0.3, 0.4) is 0 Å². The van der Waals surface area contributed by atoms with E-state index in [-0.39, 0.29) is 0 Å². The Bertz CT molecular complexity index is 453. The average molecular weight is 266 g/mol. The van der Waals surface area contributed by atoms with Gasteiger partial charge < -0.3 is 5.32 Å². The molecule has 1 aromatic heterocycles. The van der Waals surface area contributed by atoms with Gasteiger partial charge in [0.05, 0.1) is 0 Å². The van der Waals surface area contributed by atoms with E-state index in [0.29, 0.717) is 6.04 Å². The van der Waals surface area contributed by atoms with Crippen molar-refractivity contribution < 1.29 is 0 Å². The molecule has 17 heavy (non-hydrogen) atoms. The average Bonchev–Trinajstić information content (AvgIpc) is 2.81. The molecule has 0 amide bonds. The number of nitrogens with one attached hydrogen (secondary N) is 1. The molecular formula is C14H16ClNS. The first kappa shape index (κ1) is 12.6. The maximum absolute atomic E-state index is 6.00. The van der Waals surface area contributed by atoms with Crippen LogP contribution in [0, 0.1) is 0 Å². The summed E-state index contributed by atoms with van der Waals surface area (Å²) in [7, 11) is 2.02. The summed E-state index contributed by atoms with van der Waals surface area (Å²) in [5.74, 6) is 0. The van der Waals surface area contributed by atoms with Crippen LogP contribution in [0.25, 0.3) is 0 Å². The summed E-state index contributed by atoms with van der Waals surface area (Å²) in [6.07, 6.45) is 2.08. The first-order valence-corrected chi connectivity index (χ1v) is 6.98. The van der Waals surface area contributed by atoms with E-state index in [2.05, 4.69) is 28.9 Å². The molecule has 0 bridgehead atoms. The number of halogens is 1. The SMILES string of the molecule is CNC(Cc1cccc(Cl)c1)Cc1cccs1. The Balaban J connectivity index is 2.00. The van der Waals surface area contributed by atoms with Gasteiger partial charge in [0.25, 0.3) is 0 Å². The minimum Gasteiger partial charge on any atom is -0.316 e. The summed E-state index contributed by atoms with van der Waals surface area (Å²) >= 11 is 7.81. The molecule has 0 spiro atoms. The fourth-order valence-electron chi connectivity index (χ4n) is 1.90. The van der Waals surface area contributed by atoms with Crippen molar-refractivity contribution in [1.29, 1.82) is 0 Å². The molecule has 1 atom stereocenters. The number of thiophene rings is 1. The molecule has 0 saturated heterocycles. The standard InChI is InChI=1S/C14H16ClNS/c1-16-13(10-14-6-3-7-17-14)9-11-4-2-5-12(15)8-11/h2-8,13,16H,9-10H2,1H3. The largest absolute Gasteiger partial charge is 0.316 e. The van der Waals surface area contributed by atoms with Gasteiger partial charge in [-0.1, -0.05) is 29.8 Å². The molecular weight excluding hydrogens is 250 g/mol. The van der Waals surface area contributed by atoms with Crippen LogP contribution in [0.15, 0.2) is 41.8 Å². The molecule has 0 aliphatic rings. The smallest absolute Gasteiger partial charge is 0.0408 e. The van der Waals surface area contributed by atoms with Crippen LogP contribution in [-0.2, 0) is 12.8 Å². The fourth-order valence-corrected chi connectivity index (χ4v) is 2.90. The van der Waals surface area contributed by atoms with Crippen molar-refractivity contribution in [3.63, 3.8) is 0 Å². The van der Waals surface area contributed by atoms with E-state index in [1.54, 1.807) is 0 Å². The van der Waals surface area contributed by atoms with E-state index in [9.17, 15) is 0 Å². The Kier molecular flexibility index (Phi) is 4.60. The monoisotopic (exact) mass is 265 g/mol. The van der Waals surface area contributed by atoms with E-state index in [4.69, 9.17) is 11.6 Å². The number of rotatable bonds is 5. The molecule has 1 aromatic carbocycles. The second-order valence-electron chi connectivity index (χ2n) is 4.10. The molecule has 2 rings (SSSR count). The number of benzene rings is 1. The maximum Gasteiger partial charge on any atom is 0.0408 e. The summed E-state index contributed by atoms with van der Waals surface area (Å²) < 4.78 is 0. The lowest BCUT2D eigenvalue weighted by Crippen LogP contribution is -2.29. The van der Waals surface area contributed by atoms with Crippen LogP contribution in [0.2, 0.25) is 5.02 Å². The molecule has 3 heteroatoms. The minimum absolute atomic E-state index is 0.465. The van der Waals surface area contributed by atoms with Crippen molar-refractivity contribution >= 4 is 22.9 Å². The zero-order valence-corrected chi connectivity index (χ0v) is 11.4. The minimum atomic E-state index is 0.465. The van der Waals surface area contributed by atoms with Crippen LogP contribution in [0.1, 0.15) is 10.4 Å². The third-order valence-electron chi connectivity index (χ3n) is 2.81. The molecule has 2 aromatic rings. The van der Waals surface area contributed by atoms with Crippen molar-refractivity contribution in [2.24, 2.45) is 0 Å². The molecule has 0 fully saturated rings. The second-order valence-corrected chi connectivity index (χ2v) is 5.57. The topological polar surface area (TPSA) is 12.0 Å². The number of likely N-dealkylation sites (N-methyl/N-ethyl adjacent to an activating group) is 1. The number of hydrogen-bond acceptors (Lipinski definition) is 2. The lowest BCUT2D eigenvalue weighted by Gasteiger charge is -2.15. The normalized spacial score (nSPS) is 12.6. The van der Waals surface area contributed by atoms with Crippen molar-refractivity contribution in [1.82, 2.24) is 5.32 Å². The maximum atomic E-state index is 6.00. The van der Waals surface area contributed by atoms with Gasteiger partial charge in [0.15, 0.2) is 0 Å². The fraction of sp³-hybridized carbons (Fsp3) is 0.286. The molecule has 1 unspecified atom stereocenters. The Morgan fingerprint density at radius 3 is 2.76 bits per heavy atom. The highest BCUT2D eigenvalue weighted by Crippen LogP contribution is 2.16. The third kappa shape index (κ3) is 3.84. The van der Waals surface area contributed by atoms with E-state index in [0.717, 1.165) is 17.9 Å². The van der Waals surface area contributed by atoms with Crippen LogP contribution < -0.4 is 5.32 Å². The molecule has 0 radical (unpaired) electrons. The first-order chi connectivity index (χ1) is 8.28. The summed E-state index contributed by atoms with van der Waals surface area (Å²) in [5.41, 5.74) is 1.29. The van der Waals surface area contributed by atoms with Crippen LogP contribution >= 0.6 is 22.9 Å². The molecule has 0 aliphatic carbocycles. The quantitative estimate of drug-likeness (QED) is 0.868. The molecule has 1 heterocycles. The van der Waals surface area contributed by atoms with Gasteiger partial charge in [0.2, 0.25) is 0 Å². The second kappa shape index (κ2) is 6.20. The van der Waals surface area contributed by atoms with Gasteiger partial charge in [-0.05, 0) is 49.0 Å². The van der Waals surface area contributed by atoms with Crippen molar-refractivity contribution in [2.75, 3.05) is 7.05 Å². The predicted molar refractivity (Wildman–Crippen MR) is 76.0 cm³/mol. The lowest BCUT2D eigenvalue weighted by atomic mass is 10.0. The molecule has 1 N–H and O–H groups in total. The Labute approximate surface area is 111 Å². The Morgan fingerprint density at radius 1 is 1.24 bits per heavy atom. The van der Waals surface area contributed by atoms with Gasteiger partial charge in [-0.2, -0.15) is 0 Å². The predicted octanol–water partition coefficient (Wildman–Crippen LogP) is 3.77. The lowest BCUT2D eigenvalue weighted by molar-refractivity contribution is 0.560. The molecule has 90 valence electrons. The Morgan fingerprint density at radius 2 is 2.12 bits per heavy atom. The highest BCUT2D eigenvalue weighted by atomic mass is 35.5. The van der Waals surface area contributed by atoms with Crippen molar-refractivity contribution in [2.45, 2.75) is 18.9 Å². The van der Waals surface area contributed by atoms with E-state index < -0.39 is 0 Å². The van der Waals surface area contributed by atoms with Gasteiger partial charge in [-0.3, -0.25) is 0 Å². The first-order valence-electron chi connectivity index (χ1n) is 5.72. The number of hydrogen-bond donors (Lipinski definition) is 1. The van der Waals surface area contributed by atoms with E-state index in [1.807, 2.05) is 36.6 Å². The molecule has 0 aliphatic heterocycles. The zero-order valence-electron chi connectivity index (χ0n) is 9.82. The van der Waals surface area contributed by atoms with E-state index in [1.165, 1.54) is 10.4 Å².